The predicted octanol–water partition coefficient (Wildman–Crippen LogP) is 2.54. The summed E-state index contributed by atoms with van der Waals surface area (Å²) in [6.45, 7) is -0.304. The zero-order chi connectivity index (χ0) is 22.0. The number of likely N-dealkylation sites (tertiary alicyclic amines) is 1. The molecule has 12 heteroatoms. The number of nitrogens with zero attached hydrogens (tertiary/aromatic N) is 2. The second kappa shape index (κ2) is 8.78. The number of amides is 1. The topological polar surface area (TPSA) is 84.0 Å². The zero-order valence-electron chi connectivity index (χ0n) is 15.7. The third-order valence-electron chi connectivity index (χ3n) is 4.60. The molecule has 2 rings (SSSR count). The molecule has 1 saturated heterocycles. The summed E-state index contributed by atoms with van der Waals surface area (Å²) in [7, 11) is -2.84. The maximum absolute atomic E-state index is 13.0. The van der Waals surface area contributed by atoms with E-state index in [0.29, 0.717) is 23.2 Å². The average molecular weight is 457 g/mol. The van der Waals surface area contributed by atoms with Crippen LogP contribution in [0, 0.1) is 5.92 Å². The van der Waals surface area contributed by atoms with E-state index in [-0.39, 0.29) is 30.0 Å². The van der Waals surface area contributed by atoms with E-state index in [4.69, 9.17) is 11.6 Å². The molecule has 162 valence electrons. The molecule has 1 amide bonds. The number of alkyl halides is 3. The summed E-state index contributed by atoms with van der Waals surface area (Å²) >= 11 is 5.94. The van der Waals surface area contributed by atoms with E-state index in [0.717, 1.165) is 18.4 Å². The first-order chi connectivity index (χ1) is 13.3. The van der Waals surface area contributed by atoms with Crippen molar-refractivity contribution in [3.63, 3.8) is 0 Å². The summed E-state index contributed by atoms with van der Waals surface area (Å²) in [5.41, 5.74) is -1.52. The maximum Gasteiger partial charge on any atom is 0.416 e. The molecular formula is C17H20ClF3N2O5S. The molecule has 0 aliphatic carbocycles. The Morgan fingerprint density at radius 2 is 1.86 bits per heavy atom. The highest BCUT2D eigenvalue weighted by Gasteiger charge is 2.34. The Kier molecular flexibility index (Phi) is 7.05. The fourth-order valence-corrected chi connectivity index (χ4v) is 4.14. The standard InChI is InChI=1S/C17H20ClF3N2O5S/c1-28-16(25)11-5-7-22(8-6-11)15(24)10-23(29(2,26)27)14-9-12(17(19,20)21)3-4-13(14)18/h3-4,9,11H,5-8,10H2,1-2H3. The largest absolute Gasteiger partial charge is 0.469 e. The summed E-state index contributed by atoms with van der Waals surface area (Å²) in [4.78, 5) is 25.5. The Hall–Kier alpha value is -2.01. The molecule has 0 spiro atoms. The quantitative estimate of drug-likeness (QED) is 0.636. The van der Waals surface area contributed by atoms with Gasteiger partial charge in [0.15, 0.2) is 0 Å². The molecule has 29 heavy (non-hydrogen) atoms. The van der Waals surface area contributed by atoms with Crippen LogP contribution in [0.15, 0.2) is 18.2 Å². The molecule has 0 radical (unpaired) electrons. The van der Waals surface area contributed by atoms with E-state index >= 15 is 0 Å². The van der Waals surface area contributed by atoms with Crippen LogP contribution in [0.4, 0.5) is 18.9 Å². The van der Waals surface area contributed by atoms with Crippen molar-refractivity contribution in [1.82, 2.24) is 4.90 Å². The number of esters is 1. The minimum absolute atomic E-state index is 0.201. The normalized spacial score (nSPS) is 15.9. The van der Waals surface area contributed by atoms with Crippen molar-refractivity contribution in [3.8, 4) is 0 Å². The van der Waals surface area contributed by atoms with E-state index in [9.17, 15) is 31.2 Å². The lowest BCUT2D eigenvalue weighted by molar-refractivity contribution is -0.148. The molecule has 0 unspecified atom stereocenters. The number of ether oxygens (including phenoxy) is 1. The number of benzene rings is 1. The highest BCUT2D eigenvalue weighted by atomic mass is 35.5. The van der Waals surface area contributed by atoms with Gasteiger partial charge >= 0.3 is 12.1 Å². The molecule has 1 aliphatic heterocycles. The molecule has 1 aliphatic rings. The lowest BCUT2D eigenvalue weighted by Gasteiger charge is -2.32. The van der Waals surface area contributed by atoms with Gasteiger partial charge in [-0.25, -0.2) is 8.42 Å². The summed E-state index contributed by atoms with van der Waals surface area (Å²) in [5.74, 6) is -1.34. The fraction of sp³-hybridized carbons (Fsp3) is 0.529. The third-order valence-corrected chi connectivity index (χ3v) is 6.05. The molecule has 0 saturated carbocycles. The Morgan fingerprint density at radius 1 is 1.28 bits per heavy atom. The van der Waals surface area contributed by atoms with Gasteiger partial charge in [-0.15, -0.1) is 0 Å². The van der Waals surface area contributed by atoms with Gasteiger partial charge in [0, 0.05) is 13.1 Å². The first-order valence-electron chi connectivity index (χ1n) is 8.54. The third kappa shape index (κ3) is 5.75. The van der Waals surface area contributed by atoms with Crippen LogP contribution >= 0.6 is 11.6 Å². The van der Waals surface area contributed by atoms with Gasteiger partial charge in [0.2, 0.25) is 15.9 Å². The van der Waals surface area contributed by atoms with Gasteiger partial charge in [-0.3, -0.25) is 13.9 Å². The van der Waals surface area contributed by atoms with Crippen molar-refractivity contribution in [2.24, 2.45) is 5.92 Å². The van der Waals surface area contributed by atoms with E-state index in [1.807, 2.05) is 0 Å². The average Bonchev–Trinajstić information content (AvgIpc) is 2.64. The highest BCUT2D eigenvalue weighted by Crippen LogP contribution is 2.36. The van der Waals surface area contributed by atoms with E-state index in [1.54, 1.807) is 0 Å². The van der Waals surface area contributed by atoms with Crippen molar-refractivity contribution in [3.05, 3.63) is 28.8 Å². The summed E-state index contributed by atoms with van der Waals surface area (Å²) in [6.07, 6.45) is -3.23. The van der Waals surface area contributed by atoms with Crippen LogP contribution < -0.4 is 4.31 Å². The number of piperidine rings is 1. The van der Waals surface area contributed by atoms with E-state index in [2.05, 4.69) is 4.74 Å². The fourth-order valence-electron chi connectivity index (χ4n) is 3.02. The summed E-state index contributed by atoms with van der Waals surface area (Å²) < 4.78 is 68.7. The predicted molar refractivity (Wildman–Crippen MR) is 100.0 cm³/mol. The Labute approximate surface area is 171 Å². The van der Waals surface area contributed by atoms with Crippen molar-refractivity contribution in [2.75, 3.05) is 37.3 Å². The molecule has 0 aromatic heterocycles. The Bertz CT molecular complexity index is 884. The van der Waals surface area contributed by atoms with Gasteiger partial charge in [-0.2, -0.15) is 13.2 Å². The van der Waals surface area contributed by atoms with Gasteiger partial charge in [-0.1, -0.05) is 11.6 Å². The number of carbonyl (C=O) groups excluding carboxylic acids is 2. The SMILES string of the molecule is COC(=O)C1CCN(C(=O)CN(c2cc(C(F)(F)F)ccc2Cl)S(C)(=O)=O)CC1. The molecule has 1 aromatic carbocycles. The van der Waals surface area contributed by atoms with Crippen LogP contribution in [0.5, 0.6) is 0 Å². The molecule has 1 aromatic rings. The molecule has 0 bridgehead atoms. The summed E-state index contributed by atoms with van der Waals surface area (Å²) in [5, 5.41) is -0.236. The van der Waals surface area contributed by atoms with Crippen molar-refractivity contribution in [1.29, 1.82) is 0 Å². The Morgan fingerprint density at radius 3 is 2.34 bits per heavy atom. The Balaban J connectivity index is 2.23. The first-order valence-corrected chi connectivity index (χ1v) is 10.8. The molecular weight excluding hydrogens is 437 g/mol. The number of hydrogen-bond donors (Lipinski definition) is 0. The number of hydrogen-bond acceptors (Lipinski definition) is 5. The lowest BCUT2D eigenvalue weighted by Crippen LogP contribution is -2.46. The van der Waals surface area contributed by atoms with Gasteiger partial charge in [0.1, 0.15) is 6.54 Å². The minimum Gasteiger partial charge on any atom is -0.469 e. The van der Waals surface area contributed by atoms with Crippen LogP contribution in [0.1, 0.15) is 18.4 Å². The van der Waals surface area contributed by atoms with Gasteiger partial charge in [0.05, 0.1) is 35.6 Å². The van der Waals surface area contributed by atoms with Crippen molar-refractivity contribution < 1.29 is 35.9 Å². The lowest BCUT2D eigenvalue weighted by atomic mass is 9.97. The monoisotopic (exact) mass is 456 g/mol. The molecule has 0 atom stereocenters. The molecule has 0 N–H and O–H groups in total. The highest BCUT2D eigenvalue weighted by molar-refractivity contribution is 7.92. The minimum atomic E-state index is -4.71. The van der Waals surface area contributed by atoms with Gasteiger partial charge in [0.25, 0.3) is 0 Å². The van der Waals surface area contributed by atoms with Crippen LogP contribution in [-0.2, 0) is 30.5 Å². The van der Waals surface area contributed by atoms with Crippen LogP contribution in [0.2, 0.25) is 5.02 Å². The van der Waals surface area contributed by atoms with E-state index < -0.39 is 39.9 Å². The molecule has 7 nitrogen and oxygen atoms in total. The number of sulfonamides is 1. The van der Waals surface area contributed by atoms with Crippen molar-refractivity contribution in [2.45, 2.75) is 19.0 Å². The maximum atomic E-state index is 13.0. The van der Waals surface area contributed by atoms with Crippen LogP contribution in [0.3, 0.4) is 0 Å². The van der Waals surface area contributed by atoms with Crippen molar-refractivity contribution >= 4 is 39.2 Å². The first kappa shape index (κ1) is 23.3. The van der Waals surface area contributed by atoms with Crippen LogP contribution in [-0.4, -0.2) is 58.2 Å². The molecule has 1 heterocycles. The van der Waals surface area contributed by atoms with Gasteiger partial charge in [-0.05, 0) is 31.0 Å². The number of carbonyl (C=O) groups is 2. The zero-order valence-corrected chi connectivity index (χ0v) is 17.3. The summed E-state index contributed by atoms with van der Waals surface area (Å²) in [6, 6.07) is 2.26. The second-order valence-corrected chi connectivity index (χ2v) is 8.93. The second-order valence-electron chi connectivity index (χ2n) is 6.61. The van der Waals surface area contributed by atoms with Gasteiger partial charge < -0.3 is 9.64 Å². The number of methoxy groups -OCH3 is 1. The van der Waals surface area contributed by atoms with Crippen LogP contribution in [0.25, 0.3) is 0 Å². The number of rotatable bonds is 5. The number of anilines is 1. The smallest absolute Gasteiger partial charge is 0.416 e. The molecule has 1 fully saturated rings. The van der Waals surface area contributed by atoms with E-state index in [1.165, 1.54) is 12.0 Å². The number of halogens is 4.